The number of hydrogen-bond donors (Lipinski definition) is 0. The summed E-state index contributed by atoms with van der Waals surface area (Å²) in [5.74, 6) is -0.202. The predicted octanol–water partition coefficient (Wildman–Crippen LogP) is 7.39. The lowest BCUT2D eigenvalue weighted by atomic mass is 9.98. The van der Waals surface area contributed by atoms with E-state index in [4.69, 9.17) is 0 Å². The van der Waals surface area contributed by atoms with Crippen molar-refractivity contribution >= 4 is 11.6 Å². The zero-order valence-electron chi connectivity index (χ0n) is 18.2. The molecular formula is C27H36O2. The molecule has 0 N–H and O–H groups in total. The molecule has 0 atom stereocenters. The molecule has 0 aliphatic rings. The fraction of sp³-hybridized carbons (Fsp3) is 0.481. The van der Waals surface area contributed by atoms with Crippen molar-refractivity contribution < 1.29 is 9.59 Å². The van der Waals surface area contributed by atoms with Crippen molar-refractivity contribution in [2.24, 2.45) is 0 Å². The van der Waals surface area contributed by atoms with Crippen molar-refractivity contribution in [1.82, 2.24) is 0 Å². The van der Waals surface area contributed by atoms with Gasteiger partial charge in [0.2, 0.25) is 0 Å². The molecule has 0 heterocycles. The third-order valence-electron chi connectivity index (χ3n) is 5.51. The third kappa shape index (κ3) is 8.35. The smallest absolute Gasteiger partial charge is 0.170 e. The van der Waals surface area contributed by atoms with E-state index in [9.17, 15) is 9.59 Å². The normalized spacial score (nSPS) is 10.8. The summed E-state index contributed by atoms with van der Waals surface area (Å²) in [6, 6.07) is 15.6. The fourth-order valence-corrected chi connectivity index (χ4v) is 3.58. The fourth-order valence-electron chi connectivity index (χ4n) is 3.58. The van der Waals surface area contributed by atoms with Gasteiger partial charge in [-0.25, -0.2) is 0 Å². The summed E-state index contributed by atoms with van der Waals surface area (Å²) in [6.45, 7) is 4.43. The monoisotopic (exact) mass is 392 g/mol. The zero-order chi connectivity index (χ0) is 20.9. The second-order valence-electron chi connectivity index (χ2n) is 8.04. The van der Waals surface area contributed by atoms with E-state index in [1.165, 1.54) is 62.5 Å². The Morgan fingerprint density at radius 3 is 1.28 bits per heavy atom. The number of rotatable bonds is 14. The van der Waals surface area contributed by atoms with Gasteiger partial charge >= 0.3 is 0 Å². The minimum atomic E-state index is -0.101. The Bertz CT molecular complexity index is 676. The second-order valence-corrected chi connectivity index (χ2v) is 8.04. The molecule has 0 unspecified atom stereocenters. The van der Waals surface area contributed by atoms with Gasteiger partial charge < -0.3 is 0 Å². The first-order valence-corrected chi connectivity index (χ1v) is 11.4. The van der Waals surface area contributed by atoms with Crippen LogP contribution < -0.4 is 0 Å². The Morgan fingerprint density at radius 2 is 0.931 bits per heavy atom. The van der Waals surface area contributed by atoms with E-state index >= 15 is 0 Å². The van der Waals surface area contributed by atoms with Gasteiger partial charge in [-0.2, -0.15) is 0 Å². The molecule has 2 aromatic rings. The molecule has 2 heteroatoms. The van der Waals surface area contributed by atoms with Gasteiger partial charge in [-0.15, -0.1) is 0 Å². The first-order chi connectivity index (χ1) is 14.1. The maximum absolute atomic E-state index is 12.5. The first kappa shape index (κ1) is 23.1. The number of carbonyl (C=O) groups excluding carboxylic acids is 2. The Hall–Kier alpha value is -2.22. The molecule has 0 spiro atoms. The summed E-state index contributed by atoms with van der Waals surface area (Å²) in [5.41, 5.74) is 3.78. The molecule has 0 aromatic heterocycles. The highest BCUT2D eigenvalue weighted by Crippen LogP contribution is 2.14. The molecule has 156 valence electrons. The number of benzene rings is 2. The highest BCUT2D eigenvalue weighted by molar-refractivity contribution is 6.13. The van der Waals surface area contributed by atoms with Crippen LogP contribution in [0, 0.1) is 0 Å². The van der Waals surface area contributed by atoms with Crippen LogP contribution in [0.2, 0.25) is 0 Å². The summed E-state index contributed by atoms with van der Waals surface area (Å²) in [4.78, 5) is 25.0. The van der Waals surface area contributed by atoms with E-state index in [1.54, 1.807) is 0 Å². The van der Waals surface area contributed by atoms with Crippen molar-refractivity contribution in [2.45, 2.75) is 84.5 Å². The van der Waals surface area contributed by atoms with E-state index in [2.05, 4.69) is 13.8 Å². The van der Waals surface area contributed by atoms with Crippen LogP contribution >= 0.6 is 0 Å². The minimum Gasteiger partial charge on any atom is -0.294 e. The minimum absolute atomic E-state index is 0.0638. The number of hydrogen-bond acceptors (Lipinski definition) is 2. The maximum Gasteiger partial charge on any atom is 0.170 e. The summed E-state index contributed by atoms with van der Waals surface area (Å²) in [5, 5.41) is 0. The number of aryl methyl sites for hydroxylation is 2. The van der Waals surface area contributed by atoms with Crippen molar-refractivity contribution in [3.8, 4) is 0 Å². The lowest BCUT2D eigenvalue weighted by molar-refractivity contribution is 0.0894. The van der Waals surface area contributed by atoms with Gasteiger partial charge in [0.1, 0.15) is 0 Å². The van der Waals surface area contributed by atoms with Gasteiger partial charge in [-0.05, 0) is 36.8 Å². The molecule has 0 aliphatic carbocycles. The van der Waals surface area contributed by atoms with Crippen molar-refractivity contribution in [1.29, 1.82) is 0 Å². The Morgan fingerprint density at radius 1 is 0.552 bits per heavy atom. The molecule has 0 saturated heterocycles. The van der Waals surface area contributed by atoms with E-state index in [0.29, 0.717) is 11.1 Å². The van der Waals surface area contributed by atoms with Gasteiger partial charge in [0.25, 0.3) is 0 Å². The van der Waals surface area contributed by atoms with Crippen molar-refractivity contribution in [3.05, 3.63) is 70.8 Å². The van der Waals surface area contributed by atoms with Crippen LogP contribution in [0.25, 0.3) is 0 Å². The largest absolute Gasteiger partial charge is 0.294 e. The highest BCUT2D eigenvalue weighted by Gasteiger charge is 2.14. The molecule has 0 radical (unpaired) electrons. The average Bonchev–Trinajstić information content (AvgIpc) is 2.75. The zero-order valence-corrected chi connectivity index (χ0v) is 18.2. The topological polar surface area (TPSA) is 34.1 Å². The summed E-state index contributed by atoms with van der Waals surface area (Å²) < 4.78 is 0. The van der Waals surface area contributed by atoms with E-state index in [-0.39, 0.29) is 18.0 Å². The summed E-state index contributed by atoms with van der Waals surface area (Å²) in [7, 11) is 0. The molecular weight excluding hydrogens is 356 g/mol. The average molecular weight is 393 g/mol. The lowest BCUT2D eigenvalue weighted by Gasteiger charge is -2.06. The SMILES string of the molecule is CCCCCCc1ccc(C(=O)CC(=O)c2ccc(CCCCCC)cc2)cc1. The Labute approximate surface area is 176 Å². The molecule has 2 aromatic carbocycles. The van der Waals surface area contributed by atoms with E-state index in [0.717, 1.165) is 12.8 Å². The van der Waals surface area contributed by atoms with Gasteiger partial charge in [-0.1, -0.05) is 101 Å². The van der Waals surface area contributed by atoms with Crippen LogP contribution in [-0.4, -0.2) is 11.6 Å². The van der Waals surface area contributed by atoms with Gasteiger partial charge in [0, 0.05) is 11.1 Å². The van der Waals surface area contributed by atoms with Gasteiger partial charge in [0.15, 0.2) is 11.6 Å². The summed E-state index contributed by atoms with van der Waals surface area (Å²) >= 11 is 0. The number of carbonyl (C=O) groups is 2. The molecule has 2 rings (SSSR count). The number of ketones is 2. The quantitative estimate of drug-likeness (QED) is 0.191. The van der Waals surface area contributed by atoms with E-state index < -0.39 is 0 Å². The van der Waals surface area contributed by atoms with Crippen LogP contribution in [0.4, 0.5) is 0 Å². The van der Waals surface area contributed by atoms with Crippen LogP contribution in [0.3, 0.4) is 0 Å². The molecule has 2 nitrogen and oxygen atoms in total. The molecule has 29 heavy (non-hydrogen) atoms. The van der Waals surface area contributed by atoms with Crippen LogP contribution in [0.15, 0.2) is 48.5 Å². The van der Waals surface area contributed by atoms with E-state index in [1.807, 2.05) is 48.5 Å². The Kier molecular flexibility index (Phi) is 10.4. The predicted molar refractivity (Wildman–Crippen MR) is 122 cm³/mol. The maximum atomic E-state index is 12.5. The third-order valence-corrected chi connectivity index (χ3v) is 5.51. The number of Topliss-reactive ketones (excluding diaryl/α,β-unsaturated/α-hetero) is 2. The van der Waals surface area contributed by atoms with Crippen molar-refractivity contribution in [2.75, 3.05) is 0 Å². The van der Waals surface area contributed by atoms with Gasteiger partial charge in [-0.3, -0.25) is 9.59 Å². The Balaban J connectivity index is 1.82. The van der Waals surface area contributed by atoms with Crippen LogP contribution in [-0.2, 0) is 12.8 Å². The first-order valence-electron chi connectivity index (χ1n) is 11.4. The molecule has 0 amide bonds. The highest BCUT2D eigenvalue weighted by atomic mass is 16.1. The van der Waals surface area contributed by atoms with Crippen molar-refractivity contribution in [3.63, 3.8) is 0 Å². The molecule has 0 aliphatic heterocycles. The lowest BCUT2D eigenvalue weighted by Crippen LogP contribution is -2.08. The molecule has 0 bridgehead atoms. The van der Waals surface area contributed by atoms with Gasteiger partial charge in [0.05, 0.1) is 6.42 Å². The summed E-state index contributed by atoms with van der Waals surface area (Å²) in [6.07, 6.45) is 12.0. The van der Waals surface area contributed by atoms with Crippen LogP contribution in [0.5, 0.6) is 0 Å². The number of unbranched alkanes of at least 4 members (excludes halogenated alkanes) is 6. The standard InChI is InChI=1S/C27H36O2/c1-3-5-7-9-11-22-13-17-24(18-14-22)26(28)21-27(29)25-19-15-23(16-20-25)12-10-8-6-4-2/h13-20H,3-12,21H2,1-2H3. The second kappa shape index (κ2) is 13.1. The molecule has 0 fully saturated rings. The molecule has 0 saturated carbocycles. The van der Waals surface area contributed by atoms with Crippen LogP contribution in [0.1, 0.15) is 103 Å².